The first-order valence-electron chi connectivity index (χ1n) is 11.4. The van der Waals surface area contributed by atoms with Crippen molar-refractivity contribution in [1.82, 2.24) is 19.2 Å². The summed E-state index contributed by atoms with van der Waals surface area (Å²) in [6, 6.07) is 0. The Morgan fingerprint density at radius 3 is 2.70 bits per heavy atom. The number of fused-ring (bicyclic) bond motifs is 1. The second kappa shape index (κ2) is 10.2. The minimum atomic E-state index is -3.82. The molecule has 2 aliphatic rings. The molecular weight excluding hydrogens is 466 g/mol. The molecule has 2 saturated heterocycles. The van der Waals surface area contributed by atoms with E-state index in [0.29, 0.717) is 35.3 Å². The van der Waals surface area contributed by atoms with E-state index in [9.17, 15) is 18.0 Å². The summed E-state index contributed by atoms with van der Waals surface area (Å²) in [5, 5.41) is 2.93. The summed E-state index contributed by atoms with van der Waals surface area (Å²) in [4.78, 5) is 32.3. The number of quaternary nitrogens is 1. The highest BCUT2D eigenvalue weighted by atomic mass is 32.2. The van der Waals surface area contributed by atoms with Crippen molar-refractivity contribution in [2.45, 2.75) is 38.1 Å². The van der Waals surface area contributed by atoms with Gasteiger partial charge in [0.05, 0.1) is 38.0 Å². The number of piperidine rings is 1. The van der Waals surface area contributed by atoms with Crippen molar-refractivity contribution in [3.8, 4) is 0 Å². The van der Waals surface area contributed by atoms with Crippen LogP contribution in [0.25, 0.3) is 10.2 Å². The number of aromatic nitrogens is 2. The molecule has 4 rings (SSSR count). The Morgan fingerprint density at radius 2 is 2.00 bits per heavy atom. The number of morpholine rings is 1. The van der Waals surface area contributed by atoms with Gasteiger partial charge in [-0.15, -0.1) is 11.3 Å². The van der Waals surface area contributed by atoms with Crippen molar-refractivity contribution in [2.75, 3.05) is 52.5 Å². The summed E-state index contributed by atoms with van der Waals surface area (Å²) in [6.45, 7) is 9.10. The van der Waals surface area contributed by atoms with Gasteiger partial charge in [0.25, 0.3) is 5.56 Å². The number of carbonyl (C=O) groups excluding carboxylic acids is 1. The molecule has 4 heterocycles. The average Bonchev–Trinajstić information content (AvgIpc) is 3.14. The third-order valence-corrected chi connectivity index (χ3v) is 9.67. The lowest BCUT2D eigenvalue weighted by atomic mass is 10.0. The number of ether oxygens (including phenoxy) is 1. The number of hydrogen-bond acceptors (Lipinski definition) is 7. The van der Waals surface area contributed by atoms with Gasteiger partial charge in [0.2, 0.25) is 15.9 Å². The quantitative estimate of drug-likeness (QED) is 0.518. The Balaban J connectivity index is 1.52. The Kier molecular flexibility index (Phi) is 7.49. The molecular formula is C21H32N5O5S2+. The molecule has 0 aromatic carbocycles. The minimum Gasteiger partial charge on any atom is -0.370 e. The Bertz CT molecular complexity index is 1160. The van der Waals surface area contributed by atoms with E-state index >= 15 is 0 Å². The van der Waals surface area contributed by atoms with Crippen LogP contribution in [-0.4, -0.2) is 80.7 Å². The summed E-state index contributed by atoms with van der Waals surface area (Å²) in [5.74, 6) is 0.186. The van der Waals surface area contributed by atoms with Crippen LogP contribution in [-0.2, 0) is 26.1 Å². The smallest absolute Gasteiger partial charge is 0.263 e. The van der Waals surface area contributed by atoms with E-state index in [1.807, 2.05) is 0 Å². The van der Waals surface area contributed by atoms with Gasteiger partial charge < -0.3 is 15.0 Å². The lowest BCUT2D eigenvalue weighted by Crippen LogP contribution is -3.14. The number of hydrogen-bond donors (Lipinski definition) is 2. The predicted molar refractivity (Wildman–Crippen MR) is 125 cm³/mol. The maximum atomic E-state index is 13.4. The molecule has 0 aliphatic carbocycles. The number of aryl methyl sites for hydroxylation is 1. The third-order valence-electron chi connectivity index (χ3n) is 6.45. The predicted octanol–water partition coefficient (Wildman–Crippen LogP) is -0.782. The zero-order valence-electron chi connectivity index (χ0n) is 19.1. The first kappa shape index (κ1) is 24.3. The number of nitrogens with one attached hydrogen (secondary N) is 2. The largest absolute Gasteiger partial charge is 0.370 e. The van der Waals surface area contributed by atoms with Crippen LogP contribution in [0.4, 0.5) is 0 Å². The molecule has 2 fully saturated rings. The zero-order chi connectivity index (χ0) is 23.6. The van der Waals surface area contributed by atoms with Crippen LogP contribution in [0.3, 0.4) is 0 Å². The van der Waals surface area contributed by atoms with Gasteiger partial charge in [0.15, 0.2) is 0 Å². The van der Waals surface area contributed by atoms with E-state index < -0.39 is 15.6 Å². The molecule has 2 aliphatic heterocycles. The van der Waals surface area contributed by atoms with Gasteiger partial charge in [-0.05, 0) is 25.7 Å². The standard InChI is InChI=1S/C21H31N5O5S2/c1-15-3-6-26(7-4-15)33(29,30)19-16(2)32-20-18(19)21(28)25(14-23-20)13-17(27)22-5-8-24-9-11-31-12-10-24/h14-15H,3-13H2,1-2H3,(H,22,27)/p+1. The molecule has 0 saturated carbocycles. The summed E-state index contributed by atoms with van der Waals surface area (Å²) < 4.78 is 34.9. The maximum absolute atomic E-state index is 13.4. The number of thiophene rings is 1. The Labute approximate surface area is 197 Å². The molecule has 1 amide bonds. The molecule has 2 aromatic heterocycles. The van der Waals surface area contributed by atoms with Crippen molar-refractivity contribution in [2.24, 2.45) is 5.92 Å². The lowest BCUT2D eigenvalue weighted by molar-refractivity contribution is -0.906. The van der Waals surface area contributed by atoms with E-state index in [4.69, 9.17) is 4.74 Å². The fourth-order valence-corrected chi connectivity index (χ4v) is 7.53. The first-order valence-corrected chi connectivity index (χ1v) is 13.7. The number of amides is 1. The lowest BCUT2D eigenvalue weighted by Gasteiger charge is -2.29. The van der Waals surface area contributed by atoms with E-state index in [0.717, 1.165) is 45.7 Å². The van der Waals surface area contributed by atoms with Gasteiger partial charge in [0.1, 0.15) is 29.4 Å². The highest BCUT2D eigenvalue weighted by Gasteiger charge is 2.33. The molecule has 0 bridgehead atoms. The second-order valence-electron chi connectivity index (χ2n) is 8.89. The zero-order valence-corrected chi connectivity index (χ0v) is 20.8. The van der Waals surface area contributed by atoms with Crippen molar-refractivity contribution in [1.29, 1.82) is 0 Å². The van der Waals surface area contributed by atoms with Gasteiger partial charge in [-0.25, -0.2) is 13.4 Å². The number of nitrogens with zero attached hydrogens (tertiary/aromatic N) is 3. The number of carbonyl (C=O) groups is 1. The Morgan fingerprint density at radius 1 is 1.30 bits per heavy atom. The monoisotopic (exact) mass is 498 g/mol. The van der Waals surface area contributed by atoms with Crippen LogP contribution in [0.15, 0.2) is 16.0 Å². The average molecular weight is 499 g/mol. The summed E-state index contributed by atoms with van der Waals surface area (Å²) in [5.41, 5.74) is -0.498. The van der Waals surface area contributed by atoms with Gasteiger partial charge >= 0.3 is 0 Å². The number of sulfonamides is 1. The Hall–Kier alpha value is -1.86. The van der Waals surface area contributed by atoms with Gasteiger partial charge in [-0.3, -0.25) is 14.2 Å². The van der Waals surface area contributed by atoms with Crippen LogP contribution >= 0.6 is 11.3 Å². The molecule has 0 radical (unpaired) electrons. The summed E-state index contributed by atoms with van der Waals surface area (Å²) >= 11 is 1.20. The van der Waals surface area contributed by atoms with E-state index in [-0.39, 0.29) is 22.7 Å². The minimum absolute atomic E-state index is 0.0419. The molecule has 0 atom stereocenters. The molecule has 0 unspecified atom stereocenters. The van der Waals surface area contributed by atoms with E-state index in [1.165, 1.54) is 31.4 Å². The summed E-state index contributed by atoms with van der Waals surface area (Å²) in [6.07, 6.45) is 2.93. The molecule has 10 nitrogen and oxygen atoms in total. The van der Waals surface area contributed by atoms with Crippen LogP contribution in [0, 0.1) is 12.8 Å². The van der Waals surface area contributed by atoms with Crippen LogP contribution in [0.1, 0.15) is 24.6 Å². The third kappa shape index (κ3) is 5.29. The normalized spacial score (nSPS) is 19.2. The van der Waals surface area contributed by atoms with Crippen molar-refractivity contribution >= 4 is 37.5 Å². The van der Waals surface area contributed by atoms with Crippen molar-refractivity contribution in [3.63, 3.8) is 0 Å². The SMILES string of the molecule is Cc1sc2ncn(CC(=O)NCC[NH+]3CCOCC3)c(=O)c2c1S(=O)(=O)N1CCC(C)CC1. The summed E-state index contributed by atoms with van der Waals surface area (Å²) in [7, 11) is -3.82. The molecule has 0 spiro atoms. The fraction of sp³-hybridized carbons (Fsp3) is 0.667. The highest BCUT2D eigenvalue weighted by molar-refractivity contribution is 7.89. The van der Waals surface area contributed by atoms with Gasteiger partial charge in [-0.1, -0.05) is 6.92 Å². The number of rotatable bonds is 7. The van der Waals surface area contributed by atoms with Crippen LogP contribution < -0.4 is 15.8 Å². The highest BCUT2D eigenvalue weighted by Crippen LogP contribution is 2.34. The van der Waals surface area contributed by atoms with E-state index in [1.54, 1.807) is 6.92 Å². The molecule has 33 heavy (non-hydrogen) atoms. The van der Waals surface area contributed by atoms with E-state index in [2.05, 4.69) is 17.2 Å². The molecule has 12 heteroatoms. The molecule has 182 valence electrons. The van der Waals surface area contributed by atoms with Crippen LogP contribution in [0.5, 0.6) is 0 Å². The van der Waals surface area contributed by atoms with Crippen LogP contribution in [0.2, 0.25) is 0 Å². The fourth-order valence-electron chi connectivity index (χ4n) is 4.39. The molecule has 2 N–H and O–H groups in total. The second-order valence-corrected chi connectivity index (χ2v) is 12.0. The van der Waals surface area contributed by atoms with Gasteiger partial charge in [0, 0.05) is 18.0 Å². The maximum Gasteiger partial charge on any atom is 0.263 e. The van der Waals surface area contributed by atoms with Crippen molar-refractivity contribution in [3.05, 3.63) is 21.6 Å². The van der Waals surface area contributed by atoms with Gasteiger partial charge in [-0.2, -0.15) is 4.31 Å². The molecule has 2 aromatic rings. The van der Waals surface area contributed by atoms with Crippen molar-refractivity contribution < 1.29 is 22.8 Å². The first-order chi connectivity index (χ1) is 15.8. The topological polar surface area (TPSA) is 115 Å².